The molecule has 0 radical (unpaired) electrons. The molecule has 4 rings (SSSR count). The molecule has 4 nitrogen and oxygen atoms in total. The Kier molecular flexibility index (Phi) is 4.96. The average molecular weight is 350 g/mol. The van der Waals surface area contributed by atoms with E-state index in [1.165, 1.54) is 33.3 Å². The van der Waals surface area contributed by atoms with Gasteiger partial charge in [-0.05, 0) is 53.4 Å². The molecule has 136 valence electrons. The van der Waals surface area contributed by atoms with E-state index in [0.29, 0.717) is 6.61 Å². The zero-order chi connectivity index (χ0) is 17.9. The van der Waals surface area contributed by atoms with Crippen molar-refractivity contribution in [3.63, 3.8) is 0 Å². The third-order valence-electron chi connectivity index (χ3n) is 5.26. The van der Waals surface area contributed by atoms with Crippen LogP contribution >= 0.6 is 0 Å². The summed E-state index contributed by atoms with van der Waals surface area (Å²) in [5, 5.41) is 4.80. The summed E-state index contributed by atoms with van der Waals surface area (Å²) in [5.74, 6) is 0.893. The zero-order valence-electron chi connectivity index (χ0n) is 15.5. The Bertz CT molecular complexity index is 914. The number of fused-ring (bicyclic) bond motifs is 3. The van der Waals surface area contributed by atoms with Gasteiger partial charge in [0.1, 0.15) is 5.75 Å². The molecule has 1 N–H and O–H groups in total. The molecular weight excluding hydrogens is 324 g/mol. The minimum absolute atomic E-state index is 0.704. The second-order valence-corrected chi connectivity index (χ2v) is 6.83. The second-order valence-electron chi connectivity index (χ2n) is 6.83. The molecule has 1 aromatic heterocycles. The van der Waals surface area contributed by atoms with Crippen molar-refractivity contribution in [2.45, 2.75) is 19.4 Å². The van der Waals surface area contributed by atoms with Gasteiger partial charge in [0.05, 0.1) is 13.7 Å². The van der Waals surface area contributed by atoms with E-state index in [1.54, 1.807) is 14.2 Å². The quantitative estimate of drug-likeness (QED) is 0.763. The van der Waals surface area contributed by atoms with E-state index in [4.69, 9.17) is 9.47 Å². The van der Waals surface area contributed by atoms with E-state index in [0.717, 1.165) is 38.2 Å². The first-order valence-corrected chi connectivity index (χ1v) is 9.29. The van der Waals surface area contributed by atoms with Gasteiger partial charge < -0.3 is 19.4 Å². The summed E-state index contributed by atoms with van der Waals surface area (Å²) in [7, 11) is 3.46. The van der Waals surface area contributed by atoms with Crippen molar-refractivity contribution in [3.05, 3.63) is 53.7 Å². The molecule has 0 saturated heterocycles. The van der Waals surface area contributed by atoms with E-state index in [2.05, 4.69) is 46.3 Å². The molecule has 2 aromatic carbocycles. The van der Waals surface area contributed by atoms with Crippen LogP contribution in [0.5, 0.6) is 5.75 Å². The highest BCUT2D eigenvalue weighted by molar-refractivity contribution is 5.87. The van der Waals surface area contributed by atoms with Gasteiger partial charge in [0, 0.05) is 49.8 Å². The topological polar surface area (TPSA) is 35.4 Å². The van der Waals surface area contributed by atoms with Gasteiger partial charge >= 0.3 is 0 Å². The molecular formula is C22H26N2O2. The summed E-state index contributed by atoms with van der Waals surface area (Å²) in [6.07, 6.45) is 1.96. The normalized spacial score (nSPS) is 14.2. The first-order chi connectivity index (χ1) is 12.8. The van der Waals surface area contributed by atoms with Crippen LogP contribution in [0.2, 0.25) is 0 Å². The fourth-order valence-electron chi connectivity index (χ4n) is 3.90. The number of rotatable bonds is 5. The molecule has 26 heavy (non-hydrogen) atoms. The lowest BCUT2D eigenvalue weighted by Crippen LogP contribution is -2.17. The van der Waals surface area contributed by atoms with E-state index in [9.17, 15) is 0 Å². The van der Waals surface area contributed by atoms with Crippen LogP contribution < -0.4 is 10.1 Å². The summed E-state index contributed by atoms with van der Waals surface area (Å²) < 4.78 is 13.2. The van der Waals surface area contributed by atoms with Crippen molar-refractivity contribution < 1.29 is 9.47 Å². The van der Waals surface area contributed by atoms with Crippen molar-refractivity contribution in [2.24, 2.45) is 0 Å². The minimum Gasteiger partial charge on any atom is -0.497 e. The third-order valence-corrected chi connectivity index (χ3v) is 5.26. The fraction of sp³-hybridized carbons (Fsp3) is 0.364. The largest absolute Gasteiger partial charge is 0.497 e. The van der Waals surface area contributed by atoms with Crippen molar-refractivity contribution in [3.8, 4) is 16.9 Å². The molecule has 0 amide bonds. The molecule has 0 saturated carbocycles. The molecule has 4 heteroatoms. The van der Waals surface area contributed by atoms with Crippen molar-refractivity contribution in [2.75, 3.05) is 33.9 Å². The highest BCUT2D eigenvalue weighted by Crippen LogP contribution is 2.31. The van der Waals surface area contributed by atoms with Crippen LogP contribution in [0, 0.1) is 0 Å². The Morgan fingerprint density at radius 3 is 2.81 bits per heavy atom. The van der Waals surface area contributed by atoms with E-state index in [-0.39, 0.29) is 0 Å². The Labute approximate surface area is 154 Å². The maximum atomic E-state index is 5.41. The molecule has 0 spiro atoms. The number of methoxy groups -OCH3 is 2. The fourth-order valence-corrected chi connectivity index (χ4v) is 3.90. The average Bonchev–Trinajstić information content (AvgIpc) is 2.85. The molecule has 3 aromatic rings. The number of nitrogens with zero attached hydrogens (tertiary/aromatic N) is 1. The van der Waals surface area contributed by atoms with E-state index >= 15 is 0 Å². The molecule has 0 atom stereocenters. The monoisotopic (exact) mass is 350 g/mol. The maximum Gasteiger partial charge on any atom is 0.119 e. The second kappa shape index (κ2) is 7.52. The van der Waals surface area contributed by atoms with Gasteiger partial charge in [0.15, 0.2) is 0 Å². The molecule has 0 fully saturated rings. The van der Waals surface area contributed by atoms with Gasteiger partial charge in [-0.25, -0.2) is 0 Å². The number of nitrogens with one attached hydrogen (secondary N) is 1. The van der Waals surface area contributed by atoms with Crippen LogP contribution in [0.25, 0.3) is 22.0 Å². The number of aromatic nitrogens is 1. The number of hydrogen-bond acceptors (Lipinski definition) is 3. The van der Waals surface area contributed by atoms with Crippen LogP contribution in [0.4, 0.5) is 0 Å². The number of hydrogen-bond donors (Lipinski definition) is 1. The van der Waals surface area contributed by atoms with Crippen LogP contribution in [0.15, 0.2) is 42.5 Å². The Hall–Kier alpha value is -2.30. The first-order valence-electron chi connectivity index (χ1n) is 9.29. The van der Waals surface area contributed by atoms with Gasteiger partial charge in [-0.2, -0.15) is 0 Å². The lowest BCUT2D eigenvalue weighted by Gasteiger charge is -2.12. The maximum absolute atomic E-state index is 5.41. The predicted octanol–water partition coefficient (Wildman–Crippen LogP) is 3.65. The van der Waals surface area contributed by atoms with Gasteiger partial charge in [0.25, 0.3) is 0 Å². The van der Waals surface area contributed by atoms with E-state index < -0.39 is 0 Å². The summed E-state index contributed by atoms with van der Waals surface area (Å²) in [5.41, 5.74) is 6.53. The molecule has 0 aliphatic carbocycles. The highest BCUT2D eigenvalue weighted by atomic mass is 16.5. The molecule has 2 heterocycles. The Morgan fingerprint density at radius 1 is 1.04 bits per heavy atom. The van der Waals surface area contributed by atoms with Gasteiger partial charge in [-0.3, -0.25) is 0 Å². The summed E-state index contributed by atoms with van der Waals surface area (Å²) in [6, 6.07) is 15.5. The van der Waals surface area contributed by atoms with Gasteiger partial charge in [-0.15, -0.1) is 0 Å². The van der Waals surface area contributed by atoms with Crippen molar-refractivity contribution in [1.82, 2.24) is 9.88 Å². The van der Waals surface area contributed by atoms with Crippen molar-refractivity contribution >= 4 is 10.9 Å². The van der Waals surface area contributed by atoms with Gasteiger partial charge in [0.2, 0.25) is 0 Å². The van der Waals surface area contributed by atoms with E-state index in [1.807, 2.05) is 6.07 Å². The summed E-state index contributed by atoms with van der Waals surface area (Å²) >= 11 is 0. The smallest absolute Gasteiger partial charge is 0.119 e. The third kappa shape index (κ3) is 3.22. The molecule has 0 bridgehead atoms. The molecule has 1 aliphatic rings. The molecule has 0 unspecified atom stereocenters. The minimum atomic E-state index is 0.704. The Morgan fingerprint density at radius 2 is 1.96 bits per heavy atom. The lowest BCUT2D eigenvalue weighted by atomic mass is 9.96. The first kappa shape index (κ1) is 17.1. The van der Waals surface area contributed by atoms with Gasteiger partial charge in [-0.1, -0.05) is 12.1 Å². The molecule has 1 aliphatic heterocycles. The van der Waals surface area contributed by atoms with Crippen LogP contribution in [-0.4, -0.2) is 38.5 Å². The summed E-state index contributed by atoms with van der Waals surface area (Å²) in [4.78, 5) is 0. The van der Waals surface area contributed by atoms with Crippen LogP contribution in [0.1, 0.15) is 11.3 Å². The van der Waals surface area contributed by atoms with Crippen LogP contribution in [0.3, 0.4) is 0 Å². The predicted molar refractivity (Wildman–Crippen MR) is 106 cm³/mol. The number of ether oxygens (including phenoxy) is 2. The van der Waals surface area contributed by atoms with Crippen LogP contribution in [-0.2, 0) is 24.1 Å². The highest BCUT2D eigenvalue weighted by Gasteiger charge is 2.13. The lowest BCUT2D eigenvalue weighted by molar-refractivity contribution is 0.202. The summed E-state index contributed by atoms with van der Waals surface area (Å²) in [6.45, 7) is 3.84. The van der Waals surface area contributed by atoms with Crippen molar-refractivity contribution in [1.29, 1.82) is 0 Å². The SMILES string of the molecule is COCCc1cc(OC)ccc1-c1ccc2c(c1)cc1n2CCNCC1. The Balaban J connectivity index is 1.77. The number of benzene rings is 2. The standard InChI is InChI=1S/C22H26N2O2/c1-25-12-8-17-15-20(26-2)4-5-21(17)16-3-6-22-18(13-16)14-19-7-9-23-10-11-24(19)22/h3-6,13-15,23H,7-12H2,1-2H3. The zero-order valence-corrected chi connectivity index (χ0v) is 15.5.